The lowest BCUT2D eigenvalue weighted by Crippen LogP contribution is -2.20. The predicted octanol–water partition coefficient (Wildman–Crippen LogP) is 4.27. The molecule has 1 N–H and O–H groups in total. The topological polar surface area (TPSA) is 63.0 Å². The first kappa shape index (κ1) is 20.9. The average Bonchev–Trinajstić information content (AvgIpc) is 2.56. The van der Waals surface area contributed by atoms with Crippen LogP contribution in [0, 0.1) is 6.92 Å². The number of nitrogens with zero attached hydrogens (tertiary/aromatic N) is 2. The number of nitrogens with one attached hydrogen (secondary N) is 1. The van der Waals surface area contributed by atoms with Crippen LogP contribution in [0.4, 0.5) is 0 Å². The molecule has 1 aromatic rings. The van der Waals surface area contributed by atoms with E-state index in [-0.39, 0.29) is 17.9 Å². The van der Waals surface area contributed by atoms with Crippen molar-refractivity contribution in [3.8, 4) is 5.75 Å². The van der Waals surface area contributed by atoms with Crippen LogP contribution in [0.25, 0.3) is 0 Å². The molecule has 0 saturated heterocycles. The second-order valence-electron chi connectivity index (χ2n) is 6.50. The Bertz CT molecular complexity index is 644. The first-order valence-electron chi connectivity index (χ1n) is 8.95. The SMILES string of the molecule is CCC(CC)N=C(C(C)=O)c1cc(O/C(C)=N/NC(C)C)ccc1C. The number of rotatable bonds is 8. The van der Waals surface area contributed by atoms with Crippen LogP contribution < -0.4 is 10.2 Å². The molecular weight excluding hydrogens is 314 g/mol. The third-order valence-electron chi connectivity index (χ3n) is 3.80. The highest BCUT2D eigenvalue weighted by molar-refractivity contribution is 6.45. The Hall–Kier alpha value is -2.17. The Morgan fingerprint density at radius 2 is 1.84 bits per heavy atom. The molecule has 0 fully saturated rings. The zero-order valence-electron chi connectivity index (χ0n) is 16.5. The van der Waals surface area contributed by atoms with Gasteiger partial charge in [-0.05, 0) is 51.3 Å². The van der Waals surface area contributed by atoms with E-state index >= 15 is 0 Å². The van der Waals surface area contributed by atoms with E-state index in [0.29, 0.717) is 17.4 Å². The Morgan fingerprint density at radius 1 is 1.20 bits per heavy atom. The van der Waals surface area contributed by atoms with Crippen LogP contribution in [0.5, 0.6) is 5.75 Å². The van der Waals surface area contributed by atoms with Crippen molar-refractivity contribution in [1.29, 1.82) is 0 Å². The van der Waals surface area contributed by atoms with Crippen LogP contribution in [-0.2, 0) is 4.79 Å². The Balaban J connectivity index is 3.18. The molecule has 0 radical (unpaired) electrons. The van der Waals surface area contributed by atoms with E-state index in [0.717, 1.165) is 24.0 Å². The van der Waals surface area contributed by atoms with Gasteiger partial charge in [-0.15, -0.1) is 5.10 Å². The van der Waals surface area contributed by atoms with Gasteiger partial charge in [0.1, 0.15) is 11.5 Å². The highest BCUT2D eigenvalue weighted by atomic mass is 16.5. The molecule has 5 nitrogen and oxygen atoms in total. The van der Waals surface area contributed by atoms with Crippen LogP contribution in [0.1, 0.15) is 65.5 Å². The number of carbonyl (C=O) groups excluding carboxylic acids is 1. The number of hydrogen-bond acceptors (Lipinski definition) is 5. The number of hydrogen-bond donors (Lipinski definition) is 1. The van der Waals surface area contributed by atoms with Gasteiger partial charge in [-0.1, -0.05) is 19.9 Å². The van der Waals surface area contributed by atoms with Crippen LogP contribution in [0.15, 0.2) is 28.3 Å². The van der Waals surface area contributed by atoms with Crippen molar-refractivity contribution in [2.75, 3.05) is 0 Å². The largest absolute Gasteiger partial charge is 0.442 e. The van der Waals surface area contributed by atoms with E-state index in [9.17, 15) is 4.79 Å². The summed E-state index contributed by atoms with van der Waals surface area (Å²) in [6.45, 7) is 13.5. The molecule has 1 aromatic carbocycles. The number of ketones is 1. The molecule has 0 aromatic heterocycles. The van der Waals surface area contributed by atoms with Gasteiger partial charge in [-0.3, -0.25) is 9.79 Å². The second-order valence-corrected chi connectivity index (χ2v) is 6.50. The molecule has 0 heterocycles. The van der Waals surface area contributed by atoms with Gasteiger partial charge >= 0.3 is 0 Å². The smallest absolute Gasteiger partial charge is 0.208 e. The van der Waals surface area contributed by atoms with Gasteiger partial charge in [0.2, 0.25) is 5.90 Å². The van der Waals surface area contributed by atoms with E-state index in [4.69, 9.17) is 9.73 Å². The summed E-state index contributed by atoms with van der Waals surface area (Å²) in [4.78, 5) is 16.9. The molecule has 1 rings (SSSR count). The van der Waals surface area contributed by atoms with E-state index in [1.165, 1.54) is 0 Å². The lowest BCUT2D eigenvalue weighted by atomic mass is 10.0. The summed E-state index contributed by atoms with van der Waals surface area (Å²) in [5.74, 6) is 1.13. The summed E-state index contributed by atoms with van der Waals surface area (Å²) in [6, 6.07) is 6.08. The average molecular weight is 345 g/mol. The molecule has 0 aliphatic rings. The first-order valence-corrected chi connectivity index (χ1v) is 8.95. The maximum atomic E-state index is 12.2. The molecule has 0 bridgehead atoms. The summed E-state index contributed by atoms with van der Waals surface area (Å²) >= 11 is 0. The predicted molar refractivity (Wildman–Crippen MR) is 105 cm³/mol. The molecule has 0 aliphatic carbocycles. The van der Waals surface area contributed by atoms with Crippen molar-refractivity contribution in [2.45, 2.75) is 73.4 Å². The fourth-order valence-corrected chi connectivity index (χ4v) is 2.34. The fourth-order valence-electron chi connectivity index (χ4n) is 2.34. The van der Waals surface area contributed by atoms with Crippen LogP contribution in [0.3, 0.4) is 0 Å². The number of aryl methyl sites for hydroxylation is 1. The van der Waals surface area contributed by atoms with E-state index in [2.05, 4.69) is 24.4 Å². The van der Waals surface area contributed by atoms with Crippen molar-refractivity contribution < 1.29 is 9.53 Å². The monoisotopic (exact) mass is 345 g/mol. The van der Waals surface area contributed by atoms with Crippen molar-refractivity contribution in [3.05, 3.63) is 29.3 Å². The highest BCUT2D eigenvalue weighted by Crippen LogP contribution is 2.20. The quantitative estimate of drug-likeness (QED) is 0.435. The third-order valence-corrected chi connectivity index (χ3v) is 3.80. The van der Waals surface area contributed by atoms with E-state index in [1.807, 2.05) is 39.0 Å². The minimum atomic E-state index is -0.0287. The zero-order chi connectivity index (χ0) is 19.0. The number of carbonyl (C=O) groups is 1. The summed E-state index contributed by atoms with van der Waals surface area (Å²) in [6.07, 6.45) is 1.82. The van der Waals surface area contributed by atoms with E-state index < -0.39 is 0 Å². The molecular formula is C20H31N3O2. The summed E-state index contributed by atoms with van der Waals surface area (Å²) in [5, 5.41) is 4.17. The van der Waals surface area contributed by atoms with Crippen molar-refractivity contribution in [3.63, 3.8) is 0 Å². The molecule has 25 heavy (non-hydrogen) atoms. The minimum absolute atomic E-state index is 0.0287. The molecule has 0 aliphatic heterocycles. The van der Waals surface area contributed by atoms with Crippen molar-refractivity contribution in [2.24, 2.45) is 10.1 Å². The molecule has 138 valence electrons. The van der Waals surface area contributed by atoms with E-state index in [1.54, 1.807) is 13.8 Å². The molecule has 5 heteroatoms. The highest BCUT2D eigenvalue weighted by Gasteiger charge is 2.15. The van der Waals surface area contributed by atoms with Gasteiger partial charge < -0.3 is 10.2 Å². The maximum Gasteiger partial charge on any atom is 0.208 e. The van der Waals surface area contributed by atoms with Crippen molar-refractivity contribution in [1.82, 2.24) is 5.43 Å². The lowest BCUT2D eigenvalue weighted by Gasteiger charge is -2.14. The van der Waals surface area contributed by atoms with Gasteiger partial charge in [-0.2, -0.15) is 0 Å². The fraction of sp³-hybridized carbons (Fsp3) is 0.550. The molecule has 0 amide bonds. The molecule has 0 saturated carbocycles. The van der Waals surface area contributed by atoms with Crippen LogP contribution in [0.2, 0.25) is 0 Å². The molecule has 0 spiro atoms. The lowest BCUT2D eigenvalue weighted by molar-refractivity contribution is -0.111. The maximum absolute atomic E-state index is 12.2. The number of hydrazone groups is 1. The zero-order valence-corrected chi connectivity index (χ0v) is 16.5. The third kappa shape index (κ3) is 6.69. The summed E-state index contributed by atoms with van der Waals surface area (Å²) in [5.41, 5.74) is 5.30. The summed E-state index contributed by atoms with van der Waals surface area (Å²) in [7, 11) is 0. The molecule has 0 unspecified atom stereocenters. The van der Waals surface area contributed by atoms with Crippen molar-refractivity contribution >= 4 is 17.4 Å². The van der Waals surface area contributed by atoms with Crippen LogP contribution >= 0.6 is 0 Å². The van der Waals surface area contributed by atoms with Gasteiger partial charge in [0.25, 0.3) is 0 Å². The van der Waals surface area contributed by atoms with Gasteiger partial charge in [-0.25, -0.2) is 0 Å². The number of ether oxygens (including phenoxy) is 1. The summed E-state index contributed by atoms with van der Waals surface area (Å²) < 4.78 is 5.77. The van der Waals surface area contributed by atoms with Gasteiger partial charge in [0, 0.05) is 25.5 Å². The Morgan fingerprint density at radius 3 is 2.36 bits per heavy atom. The Kier molecular flexibility index (Phi) is 8.32. The Labute approximate surface area is 151 Å². The minimum Gasteiger partial charge on any atom is -0.442 e. The molecule has 0 atom stereocenters. The number of benzene rings is 1. The van der Waals surface area contributed by atoms with Gasteiger partial charge in [0.05, 0.1) is 6.04 Å². The standard InChI is InChI=1S/C20H31N3O2/c1-8-17(9-2)21-20(15(6)24)19-12-18(11-10-14(19)5)25-16(7)23-22-13(3)4/h10-13,17,22H,8-9H2,1-7H3/b21-20?,23-16+. The number of aliphatic imine (C=N–C) groups is 1. The van der Waals surface area contributed by atoms with Crippen LogP contribution in [-0.4, -0.2) is 29.5 Å². The second kappa shape index (κ2) is 9.97. The van der Waals surface area contributed by atoms with Gasteiger partial charge in [0.15, 0.2) is 5.78 Å². The normalized spacial score (nSPS) is 12.7. The number of Topliss-reactive ketones (excluding diaryl/α,β-unsaturated/α-hetero) is 1. The first-order chi connectivity index (χ1) is 11.8.